The molecule has 0 fully saturated rings. The highest BCUT2D eigenvalue weighted by molar-refractivity contribution is 9.10. The standard InChI is InChI=1S/C16H25BrN2O2/c1-5-18-14(20)9-10-21-15-12(7-6-8-13(15)17)11-19-16(2,3)4/h6-8,19H,5,9-11H2,1-4H3,(H,18,20). The number of halogens is 1. The fourth-order valence-corrected chi connectivity index (χ4v) is 2.27. The van der Waals surface area contributed by atoms with Crippen molar-refractivity contribution < 1.29 is 9.53 Å². The molecule has 0 aliphatic heterocycles. The summed E-state index contributed by atoms with van der Waals surface area (Å²) < 4.78 is 6.71. The van der Waals surface area contributed by atoms with E-state index >= 15 is 0 Å². The Morgan fingerprint density at radius 3 is 2.67 bits per heavy atom. The monoisotopic (exact) mass is 356 g/mol. The van der Waals surface area contributed by atoms with Crippen molar-refractivity contribution in [2.45, 2.75) is 46.2 Å². The molecule has 0 atom stereocenters. The molecule has 5 heteroatoms. The van der Waals surface area contributed by atoms with E-state index in [-0.39, 0.29) is 11.4 Å². The van der Waals surface area contributed by atoms with Crippen molar-refractivity contribution in [3.63, 3.8) is 0 Å². The van der Waals surface area contributed by atoms with Crippen LogP contribution in [-0.2, 0) is 11.3 Å². The third-order valence-corrected chi connectivity index (χ3v) is 3.43. The van der Waals surface area contributed by atoms with E-state index in [0.717, 1.165) is 22.3 Å². The number of para-hydroxylation sites is 1. The van der Waals surface area contributed by atoms with Gasteiger partial charge in [-0.05, 0) is 49.7 Å². The Balaban J connectivity index is 2.65. The molecule has 1 rings (SSSR count). The topological polar surface area (TPSA) is 50.4 Å². The van der Waals surface area contributed by atoms with E-state index in [0.29, 0.717) is 19.6 Å². The number of ether oxygens (including phenoxy) is 1. The lowest BCUT2D eigenvalue weighted by atomic mass is 10.1. The summed E-state index contributed by atoms with van der Waals surface area (Å²) in [6.45, 7) is 10.0. The van der Waals surface area contributed by atoms with Crippen LogP contribution in [0.4, 0.5) is 0 Å². The number of amides is 1. The molecule has 0 radical (unpaired) electrons. The first-order valence-electron chi connectivity index (χ1n) is 7.25. The molecular weight excluding hydrogens is 332 g/mol. The lowest BCUT2D eigenvalue weighted by Crippen LogP contribution is -2.35. The molecule has 0 aliphatic carbocycles. The highest BCUT2D eigenvalue weighted by atomic mass is 79.9. The highest BCUT2D eigenvalue weighted by Gasteiger charge is 2.13. The fourth-order valence-electron chi connectivity index (χ4n) is 1.75. The van der Waals surface area contributed by atoms with Crippen LogP contribution < -0.4 is 15.4 Å². The Bertz CT molecular complexity index is 470. The van der Waals surface area contributed by atoms with Gasteiger partial charge in [0, 0.05) is 24.2 Å². The van der Waals surface area contributed by atoms with Crippen LogP contribution in [0.2, 0.25) is 0 Å². The number of rotatable bonds is 7. The largest absolute Gasteiger partial charge is 0.492 e. The van der Waals surface area contributed by atoms with Crippen molar-refractivity contribution in [1.29, 1.82) is 0 Å². The minimum atomic E-state index is 0.0129. The molecule has 0 aliphatic rings. The normalized spacial score (nSPS) is 11.3. The van der Waals surface area contributed by atoms with Crippen LogP contribution in [0.25, 0.3) is 0 Å². The lowest BCUT2D eigenvalue weighted by Gasteiger charge is -2.22. The zero-order valence-corrected chi connectivity index (χ0v) is 14.8. The van der Waals surface area contributed by atoms with Gasteiger partial charge in [0.15, 0.2) is 0 Å². The third-order valence-electron chi connectivity index (χ3n) is 2.81. The van der Waals surface area contributed by atoms with E-state index in [4.69, 9.17) is 4.74 Å². The van der Waals surface area contributed by atoms with Crippen LogP contribution in [-0.4, -0.2) is 24.6 Å². The first-order chi connectivity index (χ1) is 9.83. The molecule has 0 saturated carbocycles. The zero-order chi connectivity index (χ0) is 15.9. The summed E-state index contributed by atoms with van der Waals surface area (Å²) in [4.78, 5) is 11.4. The summed E-state index contributed by atoms with van der Waals surface area (Å²) in [6.07, 6.45) is 0.362. The fraction of sp³-hybridized carbons (Fsp3) is 0.562. The first kappa shape index (κ1) is 18.0. The van der Waals surface area contributed by atoms with Gasteiger partial charge in [0.25, 0.3) is 0 Å². The Hall–Kier alpha value is -1.07. The molecule has 21 heavy (non-hydrogen) atoms. The summed E-state index contributed by atoms with van der Waals surface area (Å²) in [6, 6.07) is 5.97. The second-order valence-electron chi connectivity index (χ2n) is 5.88. The number of nitrogens with one attached hydrogen (secondary N) is 2. The molecule has 0 heterocycles. The van der Waals surface area contributed by atoms with Crippen LogP contribution in [0.5, 0.6) is 5.75 Å². The van der Waals surface area contributed by atoms with E-state index in [1.807, 2.05) is 25.1 Å². The van der Waals surface area contributed by atoms with Crippen molar-refractivity contribution in [3.8, 4) is 5.75 Å². The predicted molar refractivity (Wildman–Crippen MR) is 89.5 cm³/mol. The van der Waals surface area contributed by atoms with Gasteiger partial charge in [-0.25, -0.2) is 0 Å². The van der Waals surface area contributed by atoms with Crippen molar-refractivity contribution >= 4 is 21.8 Å². The van der Waals surface area contributed by atoms with E-state index in [2.05, 4.69) is 47.3 Å². The number of hydrogen-bond donors (Lipinski definition) is 2. The van der Waals surface area contributed by atoms with Crippen LogP contribution in [0, 0.1) is 0 Å². The van der Waals surface area contributed by atoms with Gasteiger partial charge in [0.1, 0.15) is 5.75 Å². The van der Waals surface area contributed by atoms with Gasteiger partial charge in [-0.2, -0.15) is 0 Å². The van der Waals surface area contributed by atoms with Crippen molar-refractivity contribution in [1.82, 2.24) is 10.6 Å². The highest BCUT2D eigenvalue weighted by Crippen LogP contribution is 2.29. The predicted octanol–water partition coefficient (Wildman–Crippen LogP) is 3.24. The summed E-state index contributed by atoms with van der Waals surface area (Å²) in [5, 5.41) is 6.21. The second-order valence-corrected chi connectivity index (χ2v) is 6.74. The van der Waals surface area contributed by atoms with E-state index in [9.17, 15) is 4.79 Å². The van der Waals surface area contributed by atoms with Crippen LogP contribution in [0.1, 0.15) is 39.7 Å². The van der Waals surface area contributed by atoms with E-state index in [1.54, 1.807) is 0 Å². The second kappa shape index (κ2) is 8.39. The van der Waals surface area contributed by atoms with Gasteiger partial charge in [-0.3, -0.25) is 4.79 Å². The maximum atomic E-state index is 11.4. The smallest absolute Gasteiger partial charge is 0.223 e. The average molecular weight is 357 g/mol. The SMILES string of the molecule is CCNC(=O)CCOc1c(Br)cccc1CNC(C)(C)C. The van der Waals surface area contributed by atoms with Crippen LogP contribution in [0.15, 0.2) is 22.7 Å². The summed E-state index contributed by atoms with van der Waals surface area (Å²) in [7, 11) is 0. The van der Waals surface area contributed by atoms with E-state index < -0.39 is 0 Å². The van der Waals surface area contributed by atoms with Gasteiger partial charge < -0.3 is 15.4 Å². The average Bonchev–Trinajstić information content (AvgIpc) is 2.38. The number of carbonyl (C=O) groups is 1. The molecular formula is C16H25BrN2O2. The number of hydrogen-bond acceptors (Lipinski definition) is 3. The van der Waals surface area contributed by atoms with Gasteiger partial charge in [-0.1, -0.05) is 12.1 Å². The molecule has 1 amide bonds. The molecule has 1 aromatic rings. The Labute approximate surface area is 135 Å². The maximum absolute atomic E-state index is 11.4. The van der Waals surface area contributed by atoms with Crippen LogP contribution in [0.3, 0.4) is 0 Å². The molecule has 0 bridgehead atoms. The van der Waals surface area contributed by atoms with Crippen molar-refractivity contribution in [3.05, 3.63) is 28.2 Å². The molecule has 4 nitrogen and oxygen atoms in total. The third kappa shape index (κ3) is 6.96. The number of benzene rings is 1. The first-order valence-corrected chi connectivity index (χ1v) is 8.04. The summed E-state index contributed by atoms with van der Waals surface area (Å²) in [5.74, 6) is 0.817. The van der Waals surface area contributed by atoms with Crippen molar-refractivity contribution in [2.75, 3.05) is 13.2 Å². The molecule has 0 aromatic heterocycles. The van der Waals surface area contributed by atoms with Gasteiger partial charge >= 0.3 is 0 Å². The van der Waals surface area contributed by atoms with Gasteiger partial charge in [0.05, 0.1) is 17.5 Å². The molecule has 0 unspecified atom stereocenters. The summed E-state index contributed by atoms with van der Waals surface area (Å²) >= 11 is 3.51. The minimum absolute atomic E-state index is 0.0129. The Morgan fingerprint density at radius 2 is 2.05 bits per heavy atom. The molecule has 118 valence electrons. The molecule has 0 saturated heterocycles. The molecule has 0 spiro atoms. The Morgan fingerprint density at radius 1 is 1.33 bits per heavy atom. The number of carbonyl (C=O) groups excluding carboxylic acids is 1. The summed E-state index contributed by atoms with van der Waals surface area (Å²) in [5.41, 5.74) is 1.12. The van der Waals surface area contributed by atoms with Gasteiger partial charge in [0.2, 0.25) is 5.91 Å². The molecule has 1 aromatic carbocycles. The van der Waals surface area contributed by atoms with Crippen molar-refractivity contribution in [2.24, 2.45) is 0 Å². The van der Waals surface area contributed by atoms with Gasteiger partial charge in [-0.15, -0.1) is 0 Å². The van der Waals surface area contributed by atoms with Crippen LogP contribution >= 0.6 is 15.9 Å². The lowest BCUT2D eigenvalue weighted by molar-refractivity contribution is -0.121. The quantitative estimate of drug-likeness (QED) is 0.788. The maximum Gasteiger partial charge on any atom is 0.223 e. The Kier molecular flexibility index (Phi) is 7.18. The van der Waals surface area contributed by atoms with E-state index in [1.165, 1.54) is 0 Å². The minimum Gasteiger partial charge on any atom is -0.492 e. The zero-order valence-electron chi connectivity index (χ0n) is 13.3. The molecule has 2 N–H and O–H groups in total.